The Kier molecular flexibility index (Phi) is 6.01. The third-order valence-corrected chi connectivity index (χ3v) is 4.38. The number of hydrogen-bond acceptors (Lipinski definition) is 3. The number of hydrogen-bond donors (Lipinski definition) is 1. The largest absolute Gasteiger partial charge is 0.435 e. The smallest absolute Gasteiger partial charge is 0.387 e. The van der Waals surface area contributed by atoms with Crippen LogP contribution in [-0.4, -0.2) is 31.5 Å². The summed E-state index contributed by atoms with van der Waals surface area (Å²) in [5, 5.41) is 2.68. The van der Waals surface area contributed by atoms with Crippen molar-refractivity contribution in [1.29, 1.82) is 0 Å². The zero-order valence-corrected chi connectivity index (χ0v) is 14.7. The molecule has 2 amide bonds. The highest BCUT2D eigenvalue weighted by molar-refractivity contribution is 5.96. The Bertz CT molecular complexity index is 809. The highest BCUT2D eigenvalue weighted by atomic mass is 19.3. The van der Waals surface area contributed by atoms with Crippen LogP contribution in [0.25, 0.3) is 0 Å². The molecule has 0 saturated carbocycles. The number of halogens is 2. The van der Waals surface area contributed by atoms with Crippen molar-refractivity contribution >= 4 is 17.5 Å². The van der Waals surface area contributed by atoms with Gasteiger partial charge in [0.15, 0.2) is 0 Å². The third kappa shape index (κ3) is 4.81. The van der Waals surface area contributed by atoms with E-state index < -0.39 is 6.61 Å². The predicted octanol–water partition coefficient (Wildman–Crippen LogP) is 3.39. The fourth-order valence-electron chi connectivity index (χ4n) is 3.10. The van der Waals surface area contributed by atoms with Gasteiger partial charge in [-0.15, -0.1) is 0 Å². The maximum Gasteiger partial charge on any atom is 0.387 e. The normalized spacial score (nSPS) is 13.2. The lowest BCUT2D eigenvalue weighted by Crippen LogP contribution is -2.37. The number of para-hydroxylation sites is 1. The summed E-state index contributed by atoms with van der Waals surface area (Å²) in [6.07, 6.45) is 2.07. The first-order chi connectivity index (χ1) is 13.0. The van der Waals surface area contributed by atoms with Gasteiger partial charge in [-0.3, -0.25) is 9.59 Å². The molecule has 3 rings (SSSR count). The van der Waals surface area contributed by atoms with Gasteiger partial charge in [0.1, 0.15) is 5.75 Å². The van der Waals surface area contributed by atoms with Crippen molar-refractivity contribution in [1.82, 2.24) is 5.32 Å². The predicted molar refractivity (Wildman–Crippen MR) is 97.1 cm³/mol. The number of carbonyl (C=O) groups is 2. The minimum atomic E-state index is -2.91. The van der Waals surface area contributed by atoms with Crippen LogP contribution in [-0.2, 0) is 11.2 Å². The van der Waals surface area contributed by atoms with Crippen LogP contribution in [0.2, 0.25) is 0 Å². The van der Waals surface area contributed by atoms with Crippen LogP contribution in [0.4, 0.5) is 14.5 Å². The molecule has 0 aromatic heterocycles. The van der Waals surface area contributed by atoms with Gasteiger partial charge in [-0.05, 0) is 48.7 Å². The Morgan fingerprint density at radius 1 is 1.11 bits per heavy atom. The van der Waals surface area contributed by atoms with Crippen LogP contribution < -0.4 is 15.0 Å². The molecule has 2 aromatic rings. The molecule has 1 N–H and O–H groups in total. The molecule has 1 aliphatic rings. The molecule has 7 heteroatoms. The SMILES string of the molecule is O=C(NCCC(=O)N1CCCc2ccccc21)c1ccc(OC(F)F)cc1. The lowest BCUT2D eigenvalue weighted by atomic mass is 10.0. The van der Waals surface area contributed by atoms with Crippen molar-refractivity contribution in [2.75, 3.05) is 18.0 Å². The van der Waals surface area contributed by atoms with E-state index in [1.807, 2.05) is 24.3 Å². The minimum Gasteiger partial charge on any atom is -0.435 e. The van der Waals surface area contributed by atoms with Gasteiger partial charge in [0.05, 0.1) is 0 Å². The molecule has 0 bridgehead atoms. The molecule has 2 aromatic carbocycles. The molecular weight excluding hydrogens is 354 g/mol. The molecular formula is C20H20F2N2O3. The first kappa shape index (κ1) is 18.8. The van der Waals surface area contributed by atoms with E-state index in [1.54, 1.807) is 4.90 Å². The fourth-order valence-corrected chi connectivity index (χ4v) is 3.10. The number of fused-ring (bicyclic) bond motifs is 1. The third-order valence-electron chi connectivity index (χ3n) is 4.38. The van der Waals surface area contributed by atoms with Gasteiger partial charge in [-0.1, -0.05) is 18.2 Å². The average Bonchev–Trinajstić information content (AvgIpc) is 2.67. The van der Waals surface area contributed by atoms with Crippen LogP contribution in [0.1, 0.15) is 28.8 Å². The van der Waals surface area contributed by atoms with Gasteiger partial charge in [0, 0.05) is 30.8 Å². The number of nitrogens with one attached hydrogen (secondary N) is 1. The minimum absolute atomic E-state index is 0.0134. The molecule has 142 valence electrons. The number of aryl methyl sites for hydroxylation is 1. The second kappa shape index (κ2) is 8.62. The molecule has 0 fully saturated rings. The Hall–Kier alpha value is -2.96. The molecule has 1 heterocycles. The Balaban J connectivity index is 1.51. The number of rotatable bonds is 6. The van der Waals surface area contributed by atoms with E-state index in [0.717, 1.165) is 24.1 Å². The summed E-state index contributed by atoms with van der Waals surface area (Å²) in [4.78, 5) is 26.4. The van der Waals surface area contributed by atoms with Gasteiger partial charge in [0.2, 0.25) is 5.91 Å². The van der Waals surface area contributed by atoms with Gasteiger partial charge in [0.25, 0.3) is 5.91 Å². The van der Waals surface area contributed by atoms with Crippen LogP contribution in [0.3, 0.4) is 0 Å². The standard InChI is InChI=1S/C20H20F2N2O3/c21-20(22)27-16-9-7-15(8-10-16)19(26)23-12-11-18(25)24-13-3-5-14-4-1-2-6-17(14)24/h1-2,4,6-10,20H,3,5,11-13H2,(H,23,26). The number of amides is 2. The summed E-state index contributed by atoms with van der Waals surface area (Å²) in [5.74, 6) is -0.422. The number of nitrogens with zero attached hydrogens (tertiary/aromatic N) is 1. The molecule has 0 atom stereocenters. The zero-order chi connectivity index (χ0) is 19.2. The van der Waals surface area contributed by atoms with Crippen LogP contribution >= 0.6 is 0 Å². The molecule has 27 heavy (non-hydrogen) atoms. The monoisotopic (exact) mass is 374 g/mol. The molecule has 0 saturated heterocycles. The van der Waals surface area contributed by atoms with Crippen molar-refractivity contribution in [3.63, 3.8) is 0 Å². The van der Waals surface area contributed by atoms with Crippen molar-refractivity contribution in [2.45, 2.75) is 25.9 Å². The van der Waals surface area contributed by atoms with Gasteiger partial charge < -0.3 is 15.0 Å². The van der Waals surface area contributed by atoms with Gasteiger partial charge in [-0.25, -0.2) is 0 Å². The lowest BCUT2D eigenvalue weighted by molar-refractivity contribution is -0.118. The molecule has 1 aliphatic heterocycles. The van der Waals surface area contributed by atoms with Gasteiger partial charge >= 0.3 is 6.61 Å². The van der Waals surface area contributed by atoms with Crippen LogP contribution in [0.15, 0.2) is 48.5 Å². The Morgan fingerprint density at radius 3 is 2.59 bits per heavy atom. The van der Waals surface area contributed by atoms with E-state index in [2.05, 4.69) is 10.1 Å². The first-order valence-corrected chi connectivity index (χ1v) is 8.76. The molecule has 5 nitrogen and oxygen atoms in total. The molecule has 0 unspecified atom stereocenters. The van der Waals surface area contributed by atoms with Gasteiger partial charge in [-0.2, -0.15) is 8.78 Å². The summed E-state index contributed by atoms with van der Waals surface area (Å²) in [6.45, 7) is -2.03. The van der Waals surface area contributed by atoms with Crippen molar-refractivity contribution < 1.29 is 23.1 Å². The molecule has 0 aliphatic carbocycles. The number of benzene rings is 2. The highest BCUT2D eigenvalue weighted by Gasteiger charge is 2.21. The summed E-state index contributed by atoms with van der Waals surface area (Å²) < 4.78 is 28.5. The Labute approximate surface area is 155 Å². The van der Waals surface area contributed by atoms with E-state index >= 15 is 0 Å². The number of ether oxygens (including phenoxy) is 1. The summed E-state index contributed by atoms with van der Waals surface area (Å²) in [7, 11) is 0. The van der Waals surface area contributed by atoms with Crippen LogP contribution in [0, 0.1) is 0 Å². The van der Waals surface area contributed by atoms with E-state index in [9.17, 15) is 18.4 Å². The Morgan fingerprint density at radius 2 is 1.85 bits per heavy atom. The van der Waals surface area contributed by atoms with E-state index in [-0.39, 0.29) is 30.5 Å². The second-order valence-corrected chi connectivity index (χ2v) is 6.19. The number of carbonyl (C=O) groups excluding carboxylic acids is 2. The maximum absolute atomic E-state index is 12.5. The zero-order valence-electron chi connectivity index (χ0n) is 14.7. The number of anilines is 1. The first-order valence-electron chi connectivity index (χ1n) is 8.76. The maximum atomic E-state index is 12.5. The fraction of sp³-hybridized carbons (Fsp3) is 0.300. The van der Waals surface area contributed by atoms with Crippen molar-refractivity contribution in [3.8, 4) is 5.75 Å². The van der Waals surface area contributed by atoms with E-state index in [1.165, 1.54) is 24.3 Å². The van der Waals surface area contributed by atoms with Crippen LogP contribution in [0.5, 0.6) is 5.75 Å². The molecule has 0 spiro atoms. The average molecular weight is 374 g/mol. The molecule has 0 radical (unpaired) electrons. The second-order valence-electron chi connectivity index (χ2n) is 6.19. The van der Waals surface area contributed by atoms with E-state index in [0.29, 0.717) is 12.1 Å². The lowest BCUT2D eigenvalue weighted by Gasteiger charge is -2.29. The highest BCUT2D eigenvalue weighted by Crippen LogP contribution is 2.27. The topological polar surface area (TPSA) is 58.6 Å². The number of alkyl halides is 2. The summed E-state index contributed by atoms with van der Waals surface area (Å²) >= 11 is 0. The summed E-state index contributed by atoms with van der Waals surface area (Å²) in [6, 6.07) is 13.2. The van der Waals surface area contributed by atoms with Crippen molar-refractivity contribution in [2.24, 2.45) is 0 Å². The quantitative estimate of drug-likeness (QED) is 0.843. The van der Waals surface area contributed by atoms with Crippen molar-refractivity contribution in [3.05, 3.63) is 59.7 Å². The van der Waals surface area contributed by atoms with E-state index in [4.69, 9.17) is 0 Å². The summed E-state index contributed by atoms with van der Waals surface area (Å²) in [5.41, 5.74) is 2.41.